The lowest BCUT2D eigenvalue weighted by Crippen LogP contribution is -2.22. The van der Waals surface area contributed by atoms with Crippen LogP contribution in [0.4, 0.5) is 0 Å². The van der Waals surface area contributed by atoms with Gasteiger partial charge in [-0.15, -0.1) is 0 Å². The second-order valence-corrected chi connectivity index (χ2v) is 4.07. The fraction of sp³-hybridized carbons (Fsp3) is 0.833. The van der Waals surface area contributed by atoms with Crippen LogP contribution < -0.4 is 0 Å². The molecule has 0 saturated heterocycles. The van der Waals surface area contributed by atoms with E-state index in [2.05, 4.69) is 8.92 Å². The molecule has 0 rings (SSSR count). The van der Waals surface area contributed by atoms with Crippen LogP contribution in [0.1, 0.15) is 6.42 Å². The van der Waals surface area contributed by atoms with E-state index in [0.29, 0.717) is 0 Å². The SMILES string of the molecule is COC(=O)CC(O)COS(C)(=O)=O. The minimum atomic E-state index is -3.57. The smallest absolute Gasteiger partial charge is 0.308 e. The van der Waals surface area contributed by atoms with Gasteiger partial charge < -0.3 is 9.84 Å². The molecule has 0 aromatic carbocycles. The fourth-order valence-corrected chi connectivity index (χ4v) is 0.941. The third kappa shape index (κ3) is 7.69. The first-order valence-electron chi connectivity index (χ1n) is 3.44. The average molecular weight is 212 g/mol. The zero-order chi connectivity index (χ0) is 10.5. The van der Waals surface area contributed by atoms with Gasteiger partial charge in [-0.05, 0) is 0 Å². The summed E-state index contributed by atoms with van der Waals surface area (Å²) in [5.41, 5.74) is 0. The van der Waals surface area contributed by atoms with Gasteiger partial charge in [0.05, 0.1) is 32.5 Å². The lowest BCUT2D eigenvalue weighted by molar-refractivity contribution is -0.143. The predicted molar refractivity (Wildman–Crippen MR) is 43.4 cm³/mol. The Hall–Kier alpha value is -0.660. The van der Waals surface area contributed by atoms with Crippen LogP contribution in [0.2, 0.25) is 0 Å². The average Bonchev–Trinajstić information content (AvgIpc) is 1.99. The summed E-state index contributed by atoms with van der Waals surface area (Å²) < 4.78 is 29.4. The maximum Gasteiger partial charge on any atom is 0.308 e. The molecule has 0 aliphatic carbocycles. The van der Waals surface area contributed by atoms with Crippen molar-refractivity contribution in [1.82, 2.24) is 0 Å². The Balaban J connectivity index is 3.76. The van der Waals surface area contributed by atoms with Gasteiger partial charge in [0.2, 0.25) is 0 Å². The van der Waals surface area contributed by atoms with Crippen molar-refractivity contribution in [2.24, 2.45) is 0 Å². The summed E-state index contributed by atoms with van der Waals surface area (Å²) in [5, 5.41) is 9.02. The van der Waals surface area contributed by atoms with E-state index in [1.807, 2.05) is 0 Å². The first-order valence-corrected chi connectivity index (χ1v) is 5.26. The molecule has 0 aromatic heterocycles. The number of aliphatic hydroxyl groups is 1. The second-order valence-electron chi connectivity index (χ2n) is 2.42. The molecule has 7 heteroatoms. The molecule has 0 aromatic rings. The minimum absolute atomic E-state index is 0.286. The molecule has 13 heavy (non-hydrogen) atoms. The van der Waals surface area contributed by atoms with E-state index in [4.69, 9.17) is 5.11 Å². The van der Waals surface area contributed by atoms with E-state index >= 15 is 0 Å². The fourth-order valence-electron chi connectivity index (χ4n) is 0.537. The monoisotopic (exact) mass is 212 g/mol. The van der Waals surface area contributed by atoms with Crippen molar-refractivity contribution in [3.05, 3.63) is 0 Å². The van der Waals surface area contributed by atoms with Crippen LogP contribution in [0.3, 0.4) is 0 Å². The van der Waals surface area contributed by atoms with E-state index in [9.17, 15) is 13.2 Å². The molecule has 0 amide bonds. The predicted octanol–water partition coefficient (Wildman–Crippen LogP) is -1.11. The molecule has 0 fully saturated rings. The van der Waals surface area contributed by atoms with E-state index < -0.39 is 28.8 Å². The van der Waals surface area contributed by atoms with Crippen LogP contribution >= 0.6 is 0 Å². The van der Waals surface area contributed by atoms with Gasteiger partial charge in [0.25, 0.3) is 10.1 Å². The van der Waals surface area contributed by atoms with Crippen LogP contribution in [0.15, 0.2) is 0 Å². The van der Waals surface area contributed by atoms with Gasteiger partial charge in [0.1, 0.15) is 0 Å². The number of methoxy groups -OCH3 is 1. The van der Waals surface area contributed by atoms with Crippen molar-refractivity contribution in [1.29, 1.82) is 0 Å². The number of esters is 1. The van der Waals surface area contributed by atoms with E-state index in [-0.39, 0.29) is 6.42 Å². The third-order valence-electron chi connectivity index (χ3n) is 1.10. The Morgan fingerprint density at radius 3 is 2.46 bits per heavy atom. The molecule has 0 saturated carbocycles. The van der Waals surface area contributed by atoms with Gasteiger partial charge in [0.15, 0.2) is 0 Å². The van der Waals surface area contributed by atoms with Crippen LogP contribution in [-0.4, -0.2) is 45.6 Å². The molecule has 1 unspecified atom stereocenters. The summed E-state index contributed by atoms with van der Waals surface area (Å²) in [6, 6.07) is 0. The van der Waals surface area contributed by atoms with Crippen molar-refractivity contribution in [3.8, 4) is 0 Å². The third-order valence-corrected chi connectivity index (χ3v) is 1.67. The van der Waals surface area contributed by atoms with Crippen LogP contribution in [0, 0.1) is 0 Å². The zero-order valence-electron chi connectivity index (χ0n) is 7.39. The normalized spacial score (nSPS) is 13.8. The van der Waals surface area contributed by atoms with Crippen molar-refractivity contribution in [2.75, 3.05) is 20.0 Å². The summed E-state index contributed by atoms with van der Waals surface area (Å²) in [4.78, 5) is 10.6. The zero-order valence-corrected chi connectivity index (χ0v) is 8.20. The van der Waals surface area contributed by atoms with Crippen molar-refractivity contribution in [3.63, 3.8) is 0 Å². The molecular formula is C6H12O6S. The van der Waals surface area contributed by atoms with Crippen molar-refractivity contribution >= 4 is 16.1 Å². The van der Waals surface area contributed by atoms with E-state index in [1.54, 1.807) is 0 Å². The largest absolute Gasteiger partial charge is 0.469 e. The second kappa shape index (κ2) is 5.15. The van der Waals surface area contributed by atoms with Gasteiger partial charge in [-0.2, -0.15) is 8.42 Å². The van der Waals surface area contributed by atoms with Gasteiger partial charge in [-0.3, -0.25) is 8.98 Å². The topological polar surface area (TPSA) is 89.9 Å². The molecule has 6 nitrogen and oxygen atoms in total. The lowest BCUT2D eigenvalue weighted by atomic mass is 10.3. The highest BCUT2D eigenvalue weighted by atomic mass is 32.2. The van der Waals surface area contributed by atoms with E-state index in [0.717, 1.165) is 6.26 Å². The molecule has 0 heterocycles. The highest BCUT2D eigenvalue weighted by Crippen LogP contribution is 1.97. The molecular weight excluding hydrogens is 200 g/mol. The minimum Gasteiger partial charge on any atom is -0.469 e. The Morgan fingerprint density at radius 2 is 2.08 bits per heavy atom. The van der Waals surface area contributed by atoms with Crippen LogP contribution in [0.25, 0.3) is 0 Å². The molecule has 0 bridgehead atoms. The van der Waals surface area contributed by atoms with Gasteiger partial charge in [0, 0.05) is 0 Å². The Bertz CT molecular complexity index is 256. The Morgan fingerprint density at radius 1 is 1.54 bits per heavy atom. The highest BCUT2D eigenvalue weighted by molar-refractivity contribution is 7.85. The van der Waals surface area contributed by atoms with Crippen LogP contribution in [-0.2, 0) is 23.8 Å². The van der Waals surface area contributed by atoms with Gasteiger partial charge in [-0.1, -0.05) is 0 Å². The first kappa shape index (κ1) is 12.3. The van der Waals surface area contributed by atoms with E-state index in [1.165, 1.54) is 7.11 Å². The quantitative estimate of drug-likeness (QED) is 0.459. The summed E-state index contributed by atoms with van der Waals surface area (Å²) in [6.07, 6.45) is -0.591. The summed E-state index contributed by atoms with van der Waals surface area (Å²) >= 11 is 0. The maximum atomic E-state index is 10.6. The van der Waals surface area contributed by atoms with Gasteiger partial charge >= 0.3 is 5.97 Å². The lowest BCUT2D eigenvalue weighted by Gasteiger charge is -2.07. The summed E-state index contributed by atoms with van der Waals surface area (Å²) in [7, 11) is -2.40. The molecule has 0 aliphatic rings. The van der Waals surface area contributed by atoms with Gasteiger partial charge in [-0.25, -0.2) is 0 Å². The van der Waals surface area contributed by atoms with Crippen LogP contribution in [0.5, 0.6) is 0 Å². The standard InChI is InChI=1S/C6H12O6S/c1-11-6(8)3-5(7)4-12-13(2,9)10/h5,7H,3-4H2,1-2H3. The number of ether oxygens (including phenoxy) is 1. The molecule has 1 atom stereocenters. The number of aliphatic hydroxyl groups excluding tert-OH is 1. The number of carbonyl (C=O) groups is 1. The maximum absolute atomic E-state index is 10.6. The molecule has 0 radical (unpaired) electrons. The summed E-state index contributed by atoms with van der Waals surface area (Å²) in [5.74, 6) is -0.621. The number of hydrogen-bond acceptors (Lipinski definition) is 6. The number of rotatable bonds is 5. The summed E-state index contributed by atoms with van der Waals surface area (Å²) in [6.45, 7) is -0.437. The number of carbonyl (C=O) groups excluding carboxylic acids is 1. The molecule has 0 aliphatic heterocycles. The molecule has 0 spiro atoms. The number of hydrogen-bond donors (Lipinski definition) is 1. The Labute approximate surface area is 76.6 Å². The molecule has 1 N–H and O–H groups in total. The highest BCUT2D eigenvalue weighted by Gasteiger charge is 2.13. The van der Waals surface area contributed by atoms with Crippen molar-refractivity contribution in [2.45, 2.75) is 12.5 Å². The molecule has 78 valence electrons. The Kier molecular flexibility index (Phi) is 4.89. The van der Waals surface area contributed by atoms with Crippen molar-refractivity contribution < 1.29 is 27.2 Å². The first-order chi connectivity index (χ1) is 5.85.